The van der Waals surface area contributed by atoms with Crippen molar-refractivity contribution in [1.82, 2.24) is 0 Å². The van der Waals surface area contributed by atoms with E-state index < -0.39 is 12.1 Å². The van der Waals surface area contributed by atoms with Gasteiger partial charge in [0.1, 0.15) is 13.2 Å². The smallest absolute Gasteiger partial charge is 0.309 e. The highest BCUT2D eigenvalue weighted by Gasteiger charge is 2.19. The van der Waals surface area contributed by atoms with E-state index in [0.717, 1.165) is 70.6 Å². The minimum Gasteiger partial charge on any atom is -0.462 e. The maximum Gasteiger partial charge on any atom is 0.309 e. The van der Waals surface area contributed by atoms with E-state index >= 15 is 0 Å². The fraction of sp³-hybridized carbons (Fsp3) is 0.795. The van der Waals surface area contributed by atoms with Gasteiger partial charge in [-0.15, -0.1) is 0 Å². The fourth-order valence-corrected chi connectivity index (χ4v) is 10.1. The van der Waals surface area contributed by atoms with Gasteiger partial charge in [-0.2, -0.15) is 0 Å². The van der Waals surface area contributed by atoms with Crippen LogP contribution in [0.3, 0.4) is 0 Å². The molecule has 0 aromatic rings. The number of hydrogen-bond donors (Lipinski definition) is 0. The van der Waals surface area contributed by atoms with Crippen molar-refractivity contribution in [1.29, 1.82) is 0 Å². The van der Waals surface area contributed by atoms with Gasteiger partial charge in [0.15, 0.2) is 6.10 Å². The monoisotopic (exact) mass is 1100 g/mol. The van der Waals surface area contributed by atoms with Crippen LogP contribution in [0, 0.1) is 0 Å². The summed E-state index contributed by atoms with van der Waals surface area (Å²) in [6, 6.07) is 0. The molecule has 1 atom stereocenters. The number of hydrogen-bond acceptors (Lipinski definition) is 6. The molecule has 0 aliphatic rings. The van der Waals surface area contributed by atoms with E-state index in [1.54, 1.807) is 0 Å². The predicted octanol–water partition coefficient (Wildman–Crippen LogP) is 23.7. The Morgan fingerprint density at radius 3 is 0.873 bits per heavy atom. The standard InChI is InChI=1S/C73H130O6/c1-4-7-10-13-16-19-22-25-28-30-32-33-34-35-36-37-38-39-41-42-45-48-51-54-57-60-63-66-72(75)78-69-70(68-77-71(74)65-62-59-56-53-50-47-44-27-24-21-18-15-12-9-6-3)79-73(76)67-64-61-58-55-52-49-46-43-40-31-29-26-23-20-17-14-11-8-5-2/h9,12,18,21,27,30,32,44,50,53,59,62,70H,4-8,10-11,13-17,19-20,22-26,28-29,31,33-43,45-49,51-52,54-58,60-61,63-69H2,1-3H3/b12-9-,21-18-,32-30-,44-27-,53-50-,62-59-. The van der Waals surface area contributed by atoms with E-state index in [1.165, 1.54) is 244 Å². The minimum atomic E-state index is -0.814. The molecule has 458 valence electrons. The van der Waals surface area contributed by atoms with Crippen molar-refractivity contribution < 1.29 is 28.6 Å². The molecule has 0 saturated carbocycles. The second-order valence-electron chi connectivity index (χ2n) is 23.1. The molecule has 0 spiro atoms. The molecule has 0 radical (unpaired) electrons. The van der Waals surface area contributed by atoms with E-state index in [0.29, 0.717) is 12.8 Å². The first-order valence-corrected chi connectivity index (χ1v) is 34.4. The van der Waals surface area contributed by atoms with Crippen molar-refractivity contribution in [3.63, 3.8) is 0 Å². The molecule has 0 bridgehead atoms. The first kappa shape index (κ1) is 75.8. The molecular weight excluding hydrogens is 973 g/mol. The molecule has 0 heterocycles. The summed E-state index contributed by atoms with van der Waals surface area (Å²) in [7, 11) is 0. The largest absolute Gasteiger partial charge is 0.462 e. The highest BCUT2D eigenvalue weighted by Crippen LogP contribution is 2.18. The Morgan fingerprint density at radius 2 is 0.544 bits per heavy atom. The van der Waals surface area contributed by atoms with Crippen LogP contribution in [0.1, 0.15) is 355 Å². The van der Waals surface area contributed by atoms with E-state index in [9.17, 15) is 14.4 Å². The molecular formula is C73H130O6. The zero-order chi connectivity index (χ0) is 57.1. The Hall–Kier alpha value is -3.15. The van der Waals surface area contributed by atoms with E-state index in [2.05, 4.69) is 81.5 Å². The molecule has 0 fully saturated rings. The summed E-state index contributed by atoms with van der Waals surface area (Å²) in [5, 5.41) is 0. The molecule has 1 unspecified atom stereocenters. The molecule has 0 aromatic heterocycles. The maximum atomic E-state index is 12.9. The number of ether oxygens (including phenoxy) is 3. The highest BCUT2D eigenvalue weighted by molar-refractivity contribution is 5.72. The lowest BCUT2D eigenvalue weighted by Crippen LogP contribution is -2.30. The average Bonchev–Trinajstić information content (AvgIpc) is 3.45. The van der Waals surface area contributed by atoms with Crippen LogP contribution in [0.5, 0.6) is 0 Å². The molecule has 0 aromatic carbocycles. The lowest BCUT2D eigenvalue weighted by atomic mass is 10.0. The van der Waals surface area contributed by atoms with Crippen molar-refractivity contribution in [2.45, 2.75) is 361 Å². The van der Waals surface area contributed by atoms with Gasteiger partial charge in [0.05, 0.1) is 6.42 Å². The van der Waals surface area contributed by atoms with Crippen LogP contribution < -0.4 is 0 Å². The number of esters is 3. The number of carbonyl (C=O) groups excluding carboxylic acids is 3. The van der Waals surface area contributed by atoms with Gasteiger partial charge in [-0.05, 0) is 70.6 Å². The second kappa shape index (κ2) is 67.4. The summed E-state index contributed by atoms with van der Waals surface area (Å²) in [6.07, 6.45) is 88.2. The van der Waals surface area contributed by atoms with Gasteiger partial charge >= 0.3 is 17.9 Å². The molecule has 0 saturated heterocycles. The molecule has 0 aliphatic carbocycles. The molecule has 6 heteroatoms. The highest BCUT2D eigenvalue weighted by atomic mass is 16.6. The Labute approximate surface area is 491 Å². The molecule has 0 aliphatic heterocycles. The van der Waals surface area contributed by atoms with E-state index in [1.807, 2.05) is 12.2 Å². The fourth-order valence-electron chi connectivity index (χ4n) is 10.1. The summed E-state index contributed by atoms with van der Waals surface area (Å²) in [4.78, 5) is 38.3. The van der Waals surface area contributed by atoms with Gasteiger partial charge in [0, 0.05) is 12.8 Å². The van der Waals surface area contributed by atoms with Crippen LogP contribution in [-0.4, -0.2) is 37.2 Å². The summed E-state index contributed by atoms with van der Waals surface area (Å²) in [6.45, 7) is 6.50. The topological polar surface area (TPSA) is 78.9 Å². The van der Waals surface area contributed by atoms with Gasteiger partial charge in [-0.1, -0.05) is 338 Å². The van der Waals surface area contributed by atoms with Crippen LogP contribution in [-0.2, 0) is 28.6 Å². The summed E-state index contributed by atoms with van der Waals surface area (Å²) < 4.78 is 16.9. The lowest BCUT2D eigenvalue weighted by molar-refractivity contribution is -0.166. The zero-order valence-corrected chi connectivity index (χ0v) is 52.6. The van der Waals surface area contributed by atoms with Crippen LogP contribution in [0.15, 0.2) is 72.9 Å². The number of carbonyl (C=O) groups is 3. The van der Waals surface area contributed by atoms with Crippen LogP contribution >= 0.6 is 0 Å². The molecule has 6 nitrogen and oxygen atoms in total. The van der Waals surface area contributed by atoms with Crippen molar-refractivity contribution >= 4 is 17.9 Å². The van der Waals surface area contributed by atoms with E-state index in [4.69, 9.17) is 14.2 Å². The normalized spacial score (nSPS) is 12.5. The third-order valence-electron chi connectivity index (χ3n) is 15.2. The Bertz CT molecular complexity index is 1450. The second-order valence-corrected chi connectivity index (χ2v) is 23.1. The third kappa shape index (κ3) is 65.5. The first-order valence-electron chi connectivity index (χ1n) is 34.4. The van der Waals surface area contributed by atoms with Gasteiger partial charge < -0.3 is 14.2 Å². The van der Waals surface area contributed by atoms with Crippen LogP contribution in [0.2, 0.25) is 0 Å². The Morgan fingerprint density at radius 1 is 0.278 bits per heavy atom. The summed E-state index contributed by atoms with van der Waals surface area (Å²) in [5.41, 5.74) is 0. The number of rotatable bonds is 63. The van der Waals surface area contributed by atoms with Crippen LogP contribution in [0.4, 0.5) is 0 Å². The predicted molar refractivity (Wildman–Crippen MR) is 344 cm³/mol. The Balaban J connectivity index is 4.31. The van der Waals surface area contributed by atoms with E-state index in [-0.39, 0.29) is 31.6 Å². The summed E-state index contributed by atoms with van der Waals surface area (Å²) in [5.74, 6) is -1.01. The maximum absolute atomic E-state index is 12.9. The average molecular weight is 1100 g/mol. The minimum absolute atomic E-state index is 0.101. The first-order chi connectivity index (χ1) is 39.0. The van der Waals surface area contributed by atoms with Gasteiger partial charge in [0.2, 0.25) is 0 Å². The zero-order valence-electron chi connectivity index (χ0n) is 52.6. The molecule has 0 rings (SSSR count). The van der Waals surface area contributed by atoms with Crippen LogP contribution in [0.25, 0.3) is 0 Å². The molecule has 0 amide bonds. The lowest BCUT2D eigenvalue weighted by Gasteiger charge is -2.18. The third-order valence-corrected chi connectivity index (χ3v) is 15.2. The van der Waals surface area contributed by atoms with Gasteiger partial charge in [-0.3, -0.25) is 14.4 Å². The summed E-state index contributed by atoms with van der Waals surface area (Å²) >= 11 is 0. The SMILES string of the molecule is CC/C=C\C/C=C\C/C=C\C/C=C\C/C=C\CC(=O)OCC(COC(=O)CCCCCCCCCCCCCCCCC/C=C\CCCCCCCCCC)OC(=O)CCCCCCCCCCCCCCCCCCCCC. The van der Waals surface area contributed by atoms with Crippen molar-refractivity contribution in [3.8, 4) is 0 Å². The van der Waals surface area contributed by atoms with Gasteiger partial charge in [0.25, 0.3) is 0 Å². The Kier molecular flexibility index (Phi) is 64.7. The van der Waals surface area contributed by atoms with Crippen molar-refractivity contribution in [3.05, 3.63) is 72.9 Å². The number of unbranched alkanes of at least 4 members (excludes halogenated alkanes) is 41. The van der Waals surface area contributed by atoms with Crippen molar-refractivity contribution in [2.24, 2.45) is 0 Å². The van der Waals surface area contributed by atoms with Gasteiger partial charge in [-0.25, -0.2) is 0 Å². The number of allylic oxidation sites excluding steroid dienone is 11. The quantitative estimate of drug-likeness (QED) is 0.0261. The molecule has 0 N–H and O–H groups in total. The molecule has 79 heavy (non-hydrogen) atoms. The van der Waals surface area contributed by atoms with Crippen molar-refractivity contribution in [2.75, 3.05) is 13.2 Å².